The van der Waals surface area contributed by atoms with E-state index in [0.29, 0.717) is 13.1 Å². The molecule has 1 aliphatic heterocycles. The fraction of sp³-hybridized carbons (Fsp3) is 0.294. The topological polar surface area (TPSA) is 46.6 Å². The third-order valence-electron chi connectivity index (χ3n) is 3.77. The molecule has 1 amide bonds. The molecule has 2 heterocycles. The molecule has 3 rings (SSSR count). The van der Waals surface area contributed by atoms with Gasteiger partial charge in [-0.1, -0.05) is 30.3 Å². The minimum atomic E-state index is -0.367. The predicted octanol–water partition coefficient (Wildman–Crippen LogP) is 3.60. The highest BCUT2D eigenvalue weighted by molar-refractivity contribution is 9.11. The average Bonchev–Trinajstić information content (AvgIpc) is 3.12. The molecule has 0 unspecified atom stereocenters. The molecule has 23 heavy (non-hydrogen) atoms. The van der Waals surface area contributed by atoms with E-state index in [1.165, 1.54) is 0 Å². The zero-order valence-electron chi connectivity index (χ0n) is 12.4. The van der Waals surface area contributed by atoms with Crippen molar-refractivity contribution in [3.8, 4) is 0 Å². The Balaban J connectivity index is 1.53. The number of rotatable bonds is 5. The van der Waals surface area contributed by atoms with Gasteiger partial charge >= 0.3 is 5.97 Å². The highest BCUT2D eigenvalue weighted by atomic mass is 79.9. The number of thiophene rings is 1. The van der Waals surface area contributed by atoms with Crippen molar-refractivity contribution >= 4 is 39.1 Å². The maximum atomic E-state index is 12.2. The zero-order valence-corrected chi connectivity index (χ0v) is 14.8. The highest BCUT2D eigenvalue weighted by Gasteiger charge is 2.35. The van der Waals surface area contributed by atoms with Crippen LogP contribution in [0.5, 0.6) is 0 Å². The van der Waals surface area contributed by atoms with Crippen LogP contribution in [0.25, 0.3) is 0 Å². The molecule has 0 radical (unpaired) electrons. The molecule has 0 bridgehead atoms. The van der Waals surface area contributed by atoms with Gasteiger partial charge in [0.1, 0.15) is 6.61 Å². The summed E-state index contributed by atoms with van der Waals surface area (Å²) in [7, 11) is 0. The molecule has 0 spiro atoms. The van der Waals surface area contributed by atoms with Crippen molar-refractivity contribution in [3.63, 3.8) is 0 Å². The Morgan fingerprint density at radius 1 is 1.30 bits per heavy atom. The summed E-state index contributed by atoms with van der Waals surface area (Å²) in [5.74, 6) is -0.654. The summed E-state index contributed by atoms with van der Waals surface area (Å²) in [4.78, 5) is 26.0. The smallest absolute Gasteiger partial charge is 0.311 e. The highest BCUT2D eigenvalue weighted by Crippen LogP contribution is 2.24. The van der Waals surface area contributed by atoms with Crippen molar-refractivity contribution in [2.75, 3.05) is 6.54 Å². The van der Waals surface area contributed by atoms with Crippen LogP contribution >= 0.6 is 27.3 Å². The van der Waals surface area contributed by atoms with Gasteiger partial charge in [0.2, 0.25) is 5.91 Å². The summed E-state index contributed by atoms with van der Waals surface area (Å²) in [6.07, 6.45) is 0.235. The average molecular weight is 394 g/mol. The van der Waals surface area contributed by atoms with Gasteiger partial charge in [-0.3, -0.25) is 9.59 Å². The predicted molar refractivity (Wildman–Crippen MR) is 91.8 cm³/mol. The second-order valence-electron chi connectivity index (χ2n) is 5.53. The van der Waals surface area contributed by atoms with Crippen LogP contribution in [0.15, 0.2) is 45.6 Å². The first kappa shape index (κ1) is 16.2. The summed E-state index contributed by atoms with van der Waals surface area (Å²) in [5.41, 5.74) is 2.03. The summed E-state index contributed by atoms with van der Waals surface area (Å²) >= 11 is 4.93. The second kappa shape index (κ2) is 7.27. The monoisotopic (exact) mass is 393 g/mol. The molecule has 0 N–H and O–H groups in total. The van der Waals surface area contributed by atoms with Crippen LogP contribution in [-0.2, 0) is 27.5 Å². The van der Waals surface area contributed by atoms with Crippen LogP contribution in [0.1, 0.15) is 17.5 Å². The third kappa shape index (κ3) is 4.20. The zero-order chi connectivity index (χ0) is 16.2. The molecule has 0 saturated carbocycles. The van der Waals surface area contributed by atoms with Gasteiger partial charge in [-0.05, 0) is 32.9 Å². The summed E-state index contributed by atoms with van der Waals surface area (Å²) in [6, 6.07) is 11.7. The first-order valence-corrected chi connectivity index (χ1v) is 9.00. The first-order chi connectivity index (χ1) is 11.1. The number of halogens is 1. The summed E-state index contributed by atoms with van der Waals surface area (Å²) in [6.45, 7) is 1.23. The molecule has 2 aromatic rings. The minimum Gasteiger partial charge on any atom is -0.461 e. The lowest BCUT2D eigenvalue weighted by molar-refractivity contribution is -0.149. The molecule has 1 atom stereocenters. The molecule has 1 aliphatic rings. The normalized spacial score (nSPS) is 17.5. The van der Waals surface area contributed by atoms with Gasteiger partial charge in [0, 0.05) is 25.1 Å². The number of ether oxygens (including phenoxy) is 1. The van der Waals surface area contributed by atoms with E-state index in [9.17, 15) is 9.59 Å². The van der Waals surface area contributed by atoms with Gasteiger partial charge in [-0.2, -0.15) is 0 Å². The number of likely N-dealkylation sites (tertiary alicyclic amines) is 1. The molecule has 1 aromatic heterocycles. The Hall–Kier alpha value is -1.66. The fourth-order valence-electron chi connectivity index (χ4n) is 2.58. The summed E-state index contributed by atoms with van der Waals surface area (Å²) in [5, 5.41) is 1.94. The number of esters is 1. The fourth-order valence-corrected chi connectivity index (χ4v) is 3.77. The maximum Gasteiger partial charge on any atom is 0.311 e. The van der Waals surface area contributed by atoms with Crippen LogP contribution in [0.2, 0.25) is 0 Å². The van der Waals surface area contributed by atoms with E-state index in [-0.39, 0.29) is 30.8 Å². The second-order valence-corrected chi connectivity index (χ2v) is 7.82. The molecule has 1 aromatic carbocycles. The van der Waals surface area contributed by atoms with Crippen LogP contribution in [-0.4, -0.2) is 23.3 Å². The molecule has 1 fully saturated rings. The van der Waals surface area contributed by atoms with E-state index in [1.807, 2.05) is 41.8 Å². The Bertz CT molecular complexity index is 701. The quantitative estimate of drug-likeness (QED) is 0.728. The van der Waals surface area contributed by atoms with Gasteiger partial charge in [-0.25, -0.2) is 0 Å². The minimum absolute atomic E-state index is 0.00841. The van der Waals surface area contributed by atoms with Crippen LogP contribution in [0, 0.1) is 5.92 Å². The Labute approximate surface area is 147 Å². The van der Waals surface area contributed by atoms with E-state index >= 15 is 0 Å². The number of nitrogens with zero attached hydrogens (tertiary/aromatic N) is 1. The van der Waals surface area contributed by atoms with Gasteiger partial charge in [0.05, 0.1) is 9.70 Å². The van der Waals surface area contributed by atoms with E-state index in [0.717, 1.165) is 14.9 Å². The SMILES string of the molecule is O=C(OCc1csc(Br)c1)[C@@H]1CC(=O)N(Cc2ccccc2)C1. The summed E-state index contributed by atoms with van der Waals surface area (Å²) < 4.78 is 6.35. The van der Waals surface area contributed by atoms with Crippen molar-refractivity contribution in [2.24, 2.45) is 5.92 Å². The van der Waals surface area contributed by atoms with Crippen molar-refractivity contribution in [1.82, 2.24) is 4.90 Å². The lowest BCUT2D eigenvalue weighted by Crippen LogP contribution is -2.26. The van der Waals surface area contributed by atoms with E-state index < -0.39 is 0 Å². The Kier molecular flexibility index (Phi) is 5.13. The molecule has 0 aliphatic carbocycles. The van der Waals surface area contributed by atoms with Crippen molar-refractivity contribution in [1.29, 1.82) is 0 Å². The largest absolute Gasteiger partial charge is 0.461 e. The number of carbonyl (C=O) groups is 2. The van der Waals surface area contributed by atoms with Crippen LogP contribution in [0.3, 0.4) is 0 Å². The number of benzene rings is 1. The van der Waals surface area contributed by atoms with Crippen LogP contribution in [0.4, 0.5) is 0 Å². The molecular weight excluding hydrogens is 378 g/mol. The lowest BCUT2D eigenvalue weighted by atomic mass is 10.1. The van der Waals surface area contributed by atoms with E-state index in [1.54, 1.807) is 16.2 Å². The molecular formula is C17H16BrNO3S. The number of carbonyl (C=O) groups excluding carboxylic acids is 2. The van der Waals surface area contributed by atoms with Crippen molar-refractivity contribution in [2.45, 2.75) is 19.6 Å². The van der Waals surface area contributed by atoms with Crippen molar-refractivity contribution in [3.05, 3.63) is 56.7 Å². The Morgan fingerprint density at radius 3 is 2.78 bits per heavy atom. The number of hydrogen-bond donors (Lipinski definition) is 0. The van der Waals surface area contributed by atoms with Crippen molar-refractivity contribution < 1.29 is 14.3 Å². The maximum absolute atomic E-state index is 12.2. The molecule has 1 saturated heterocycles. The van der Waals surface area contributed by atoms with Gasteiger partial charge in [0.25, 0.3) is 0 Å². The first-order valence-electron chi connectivity index (χ1n) is 7.33. The van der Waals surface area contributed by atoms with Gasteiger partial charge < -0.3 is 9.64 Å². The lowest BCUT2D eigenvalue weighted by Gasteiger charge is -2.16. The van der Waals surface area contributed by atoms with E-state index in [2.05, 4.69) is 15.9 Å². The number of hydrogen-bond acceptors (Lipinski definition) is 4. The molecule has 120 valence electrons. The molecule has 6 heteroatoms. The van der Waals surface area contributed by atoms with Gasteiger partial charge in [-0.15, -0.1) is 11.3 Å². The van der Waals surface area contributed by atoms with E-state index in [4.69, 9.17) is 4.74 Å². The third-order valence-corrected chi connectivity index (χ3v) is 5.32. The Morgan fingerprint density at radius 2 is 2.09 bits per heavy atom. The van der Waals surface area contributed by atoms with Crippen LogP contribution < -0.4 is 0 Å². The van der Waals surface area contributed by atoms with Gasteiger partial charge in [0.15, 0.2) is 0 Å². The molecule has 4 nitrogen and oxygen atoms in total. The standard InChI is InChI=1S/C17H16BrNO3S/c18-15-6-13(11-23-15)10-22-17(21)14-7-16(20)19(9-14)8-12-4-2-1-3-5-12/h1-6,11,14H,7-10H2/t14-/m1/s1. The number of amides is 1.